The summed E-state index contributed by atoms with van der Waals surface area (Å²) in [6.45, 7) is 1.12. The second-order valence-corrected chi connectivity index (χ2v) is 6.33. The van der Waals surface area contributed by atoms with E-state index in [0.717, 1.165) is 17.0 Å². The third kappa shape index (κ3) is 3.87. The van der Waals surface area contributed by atoms with E-state index >= 15 is 0 Å². The fraction of sp³-hybridized carbons (Fsp3) is 0.312. The maximum Gasteiger partial charge on any atom is 0.315 e. The molecule has 2 aromatic heterocycles. The molecule has 120 valence electrons. The van der Waals surface area contributed by atoms with Crippen LogP contribution in [-0.4, -0.2) is 29.5 Å². The van der Waals surface area contributed by atoms with Crippen molar-refractivity contribution in [2.45, 2.75) is 25.4 Å². The Morgan fingerprint density at radius 3 is 3.04 bits per heavy atom. The van der Waals surface area contributed by atoms with Crippen LogP contribution in [0.25, 0.3) is 0 Å². The fourth-order valence-electron chi connectivity index (χ4n) is 2.57. The molecule has 3 amide bonds. The number of amides is 3. The number of thiophene rings is 1. The Balaban J connectivity index is 1.57. The van der Waals surface area contributed by atoms with Gasteiger partial charge in [0.15, 0.2) is 0 Å². The first-order chi connectivity index (χ1) is 11.2. The fourth-order valence-corrected chi connectivity index (χ4v) is 3.21. The van der Waals surface area contributed by atoms with Gasteiger partial charge in [0.1, 0.15) is 6.04 Å². The highest BCUT2D eigenvalue weighted by molar-refractivity contribution is 7.09. The summed E-state index contributed by atoms with van der Waals surface area (Å²) in [7, 11) is 0. The zero-order valence-electron chi connectivity index (χ0n) is 12.6. The number of hydrogen-bond donors (Lipinski definition) is 2. The topological polar surface area (TPSA) is 74.3 Å². The molecular formula is C16H18N4O2S. The molecule has 0 bridgehead atoms. The minimum Gasteiger partial charge on any atom is -0.333 e. The van der Waals surface area contributed by atoms with Crippen LogP contribution in [0.15, 0.2) is 42.0 Å². The molecule has 1 atom stereocenters. The molecule has 0 radical (unpaired) electrons. The number of carbonyl (C=O) groups excluding carboxylic acids is 2. The van der Waals surface area contributed by atoms with Crippen molar-refractivity contribution >= 4 is 29.0 Å². The number of carbonyl (C=O) groups is 2. The Labute approximate surface area is 138 Å². The average molecular weight is 330 g/mol. The summed E-state index contributed by atoms with van der Waals surface area (Å²) in [4.78, 5) is 31.3. The Kier molecular flexibility index (Phi) is 4.87. The number of aromatic nitrogens is 1. The molecular weight excluding hydrogens is 312 g/mol. The summed E-state index contributed by atoms with van der Waals surface area (Å²) in [6, 6.07) is 6.74. The molecule has 0 saturated carbocycles. The van der Waals surface area contributed by atoms with Gasteiger partial charge in [-0.25, -0.2) is 4.79 Å². The van der Waals surface area contributed by atoms with Crippen LogP contribution in [-0.2, 0) is 11.3 Å². The molecule has 0 aliphatic carbocycles. The zero-order valence-corrected chi connectivity index (χ0v) is 13.4. The number of anilines is 1. The van der Waals surface area contributed by atoms with Crippen molar-refractivity contribution in [1.82, 2.24) is 15.6 Å². The van der Waals surface area contributed by atoms with Crippen LogP contribution in [0.3, 0.4) is 0 Å². The third-order valence-electron chi connectivity index (χ3n) is 3.70. The number of rotatable bonds is 4. The van der Waals surface area contributed by atoms with Gasteiger partial charge < -0.3 is 15.5 Å². The Morgan fingerprint density at radius 1 is 1.39 bits per heavy atom. The minimum absolute atomic E-state index is 0.0875. The van der Waals surface area contributed by atoms with E-state index in [9.17, 15) is 9.59 Å². The Morgan fingerprint density at radius 2 is 2.30 bits per heavy atom. The van der Waals surface area contributed by atoms with E-state index in [4.69, 9.17) is 0 Å². The van der Waals surface area contributed by atoms with E-state index in [1.54, 1.807) is 34.7 Å². The Bertz CT molecular complexity index is 660. The lowest BCUT2D eigenvalue weighted by Crippen LogP contribution is -2.54. The lowest BCUT2D eigenvalue weighted by atomic mass is 10.0. The maximum absolute atomic E-state index is 12.6. The SMILES string of the molecule is O=C(NCc1cccs1)NC1CCCN(c2cccnc2)C1=O. The zero-order chi connectivity index (χ0) is 16.1. The average Bonchev–Trinajstić information content (AvgIpc) is 3.09. The highest BCUT2D eigenvalue weighted by Gasteiger charge is 2.30. The Hall–Kier alpha value is -2.41. The lowest BCUT2D eigenvalue weighted by molar-refractivity contribution is -0.121. The van der Waals surface area contributed by atoms with Gasteiger partial charge in [0.2, 0.25) is 5.91 Å². The van der Waals surface area contributed by atoms with E-state index in [1.807, 2.05) is 23.6 Å². The summed E-state index contributed by atoms with van der Waals surface area (Å²) >= 11 is 1.58. The van der Waals surface area contributed by atoms with Crippen molar-refractivity contribution in [2.75, 3.05) is 11.4 Å². The number of pyridine rings is 1. The van der Waals surface area contributed by atoms with E-state index in [1.165, 1.54) is 0 Å². The van der Waals surface area contributed by atoms with E-state index in [0.29, 0.717) is 19.5 Å². The molecule has 0 spiro atoms. The normalized spacial score (nSPS) is 17.8. The van der Waals surface area contributed by atoms with Gasteiger partial charge in [-0.05, 0) is 36.4 Å². The number of nitrogens with zero attached hydrogens (tertiary/aromatic N) is 2. The van der Waals surface area contributed by atoms with Gasteiger partial charge >= 0.3 is 6.03 Å². The van der Waals surface area contributed by atoms with Crippen LogP contribution in [0.2, 0.25) is 0 Å². The third-order valence-corrected chi connectivity index (χ3v) is 4.58. The molecule has 1 aliphatic rings. The largest absolute Gasteiger partial charge is 0.333 e. The molecule has 1 aliphatic heterocycles. The highest BCUT2D eigenvalue weighted by Crippen LogP contribution is 2.19. The molecule has 2 aromatic rings. The smallest absolute Gasteiger partial charge is 0.315 e. The summed E-state index contributed by atoms with van der Waals surface area (Å²) in [5.41, 5.74) is 0.767. The summed E-state index contributed by atoms with van der Waals surface area (Å²) in [5.74, 6) is -0.0875. The van der Waals surface area contributed by atoms with Crippen LogP contribution >= 0.6 is 11.3 Å². The second-order valence-electron chi connectivity index (χ2n) is 5.30. The predicted molar refractivity (Wildman–Crippen MR) is 89.3 cm³/mol. The molecule has 7 heteroatoms. The molecule has 3 rings (SSSR count). The number of nitrogens with one attached hydrogen (secondary N) is 2. The van der Waals surface area contributed by atoms with Gasteiger partial charge in [0.25, 0.3) is 0 Å². The molecule has 23 heavy (non-hydrogen) atoms. The van der Waals surface area contributed by atoms with E-state index in [2.05, 4.69) is 15.6 Å². The number of urea groups is 1. The van der Waals surface area contributed by atoms with Crippen LogP contribution in [0.1, 0.15) is 17.7 Å². The van der Waals surface area contributed by atoms with E-state index < -0.39 is 6.04 Å². The first kappa shape index (κ1) is 15.5. The number of hydrogen-bond acceptors (Lipinski definition) is 4. The molecule has 2 N–H and O–H groups in total. The molecule has 1 unspecified atom stereocenters. The van der Waals surface area contributed by atoms with Crippen LogP contribution in [0.5, 0.6) is 0 Å². The maximum atomic E-state index is 12.6. The summed E-state index contributed by atoms with van der Waals surface area (Å²) < 4.78 is 0. The lowest BCUT2D eigenvalue weighted by Gasteiger charge is -2.32. The van der Waals surface area contributed by atoms with Crippen molar-refractivity contribution < 1.29 is 9.59 Å². The monoisotopic (exact) mass is 330 g/mol. The van der Waals surface area contributed by atoms with Gasteiger partial charge in [-0.3, -0.25) is 9.78 Å². The van der Waals surface area contributed by atoms with Crippen LogP contribution in [0, 0.1) is 0 Å². The van der Waals surface area contributed by atoms with Crippen LogP contribution in [0.4, 0.5) is 10.5 Å². The van der Waals surface area contributed by atoms with Gasteiger partial charge in [-0.15, -0.1) is 11.3 Å². The first-order valence-corrected chi connectivity index (χ1v) is 8.40. The predicted octanol–water partition coefficient (Wildman–Crippen LogP) is 2.14. The molecule has 3 heterocycles. The van der Waals surface area contributed by atoms with Crippen molar-refractivity contribution in [1.29, 1.82) is 0 Å². The molecule has 1 saturated heterocycles. The van der Waals surface area contributed by atoms with Crippen molar-refractivity contribution in [2.24, 2.45) is 0 Å². The van der Waals surface area contributed by atoms with Crippen molar-refractivity contribution in [3.05, 3.63) is 46.9 Å². The van der Waals surface area contributed by atoms with Crippen molar-refractivity contribution in [3.8, 4) is 0 Å². The summed E-state index contributed by atoms with van der Waals surface area (Å²) in [6.07, 6.45) is 4.83. The van der Waals surface area contributed by atoms with E-state index in [-0.39, 0.29) is 11.9 Å². The highest BCUT2D eigenvalue weighted by atomic mass is 32.1. The standard InChI is InChI=1S/C16H18N4O2S/c21-15-14(19-16(22)18-11-13-5-3-9-23-13)6-2-8-20(15)12-4-1-7-17-10-12/h1,3-5,7,9-10,14H,2,6,8,11H2,(H2,18,19,22). The number of piperidine rings is 1. The first-order valence-electron chi connectivity index (χ1n) is 7.52. The van der Waals surface area contributed by atoms with Gasteiger partial charge in [-0.2, -0.15) is 0 Å². The van der Waals surface area contributed by atoms with Gasteiger partial charge in [0.05, 0.1) is 18.4 Å². The minimum atomic E-state index is -0.493. The van der Waals surface area contributed by atoms with Gasteiger partial charge in [-0.1, -0.05) is 6.07 Å². The molecule has 0 aromatic carbocycles. The van der Waals surface area contributed by atoms with Crippen LogP contribution < -0.4 is 15.5 Å². The molecule has 6 nitrogen and oxygen atoms in total. The van der Waals surface area contributed by atoms with Gasteiger partial charge in [0, 0.05) is 17.6 Å². The summed E-state index contributed by atoms with van der Waals surface area (Å²) in [5, 5.41) is 7.52. The second kappa shape index (κ2) is 7.23. The quantitative estimate of drug-likeness (QED) is 0.902. The van der Waals surface area contributed by atoms with Crippen molar-refractivity contribution in [3.63, 3.8) is 0 Å². The molecule has 1 fully saturated rings.